The number of nitrogens with zero attached hydrogens (tertiary/aromatic N) is 2. The molecule has 0 spiro atoms. The fourth-order valence-corrected chi connectivity index (χ4v) is 2.73. The molecule has 1 aliphatic heterocycles. The SMILES string of the molecule is CN(CC(=O)N1CCC(C(=O)O)CC1)C(=O)Cc1ccc(F)c(F)c1. The first kappa shape index (κ1) is 18.8. The molecule has 1 aromatic carbocycles. The Morgan fingerprint density at radius 3 is 2.40 bits per heavy atom. The van der Waals surface area contributed by atoms with E-state index in [1.807, 2.05) is 0 Å². The molecule has 0 aromatic heterocycles. The standard InChI is InChI=1S/C17H20F2N2O4/c1-20(15(22)9-11-2-3-13(18)14(19)8-11)10-16(23)21-6-4-12(5-7-21)17(24)25/h2-3,8,12H,4-7,9-10H2,1H3,(H,24,25). The first-order valence-corrected chi connectivity index (χ1v) is 7.96. The van der Waals surface area contributed by atoms with E-state index in [1.54, 1.807) is 4.90 Å². The van der Waals surface area contributed by atoms with Crippen LogP contribution in [0.25, 0.3) is 0 Å². The highest BCUT2D eigenvalue weighted by Crippen LogP contribution is 2.17. The number of carbonyl (C=O) groups is 3. The summed E-state index contributed by atoms with van der Waals surface area (Å²) in [7, 11) is 1.46. The molecule has 2 rings (SSSR count). The molecule has 8 heteroatoms. The van der Waals surface area contributed by atoms with Gasteiger partial charge in [0, 0.05) is 20.1 Å². The summed E-state index contributed by atoms with van der Waals surface area (Å²) < 4.78 is 26.1. The van der Waals surface area contributed by atoms with Crippen LogP contribution < -0.4 is 0 Å². The minimum atomic E-state index is -1.02. The van der Waals surface area contributed by atoms with E-state index in [0.29, 0.717) is 31.5 Å². The molecule has 0 saturated carbocycles. The summed E-state index contributed by atoms with van der Waals surface area (Å²) in [5.74, 6) is -3.94. The molecule has 25 heavy (non-hydrogen) atoms. The van der Waals surface area contributed by atoms with E-state index in [9.17, 15) is 23.2 Å². The molecule has 0 radical (unpaired) electrons. The van der Waals surface area contributed by atoms with Crippen molar-refractivity contribution in [1.82, 2.24) is 9.80 Å². The van der Waals surface area contributed by atoms with Gasteiger partial charge < -0.3 is 14.9 Å². The Morgan fingerprint density at radius 2 is 1.84 bits per heavy atom. The van der Waals surface area contributed by atoms with Crippen molar-refractivity contribution in [3.63, 3.8) is 0 Å². The number of carboxylic acids is 1. The molecule has 1 N–H and O–H groups in total. The van der Waals surface area contributed by atoms with Gasteiger partial charge in [0.2, 0.25) is 11.8 Å². The van der Waals surface area contributed by atoms with Crippen molar-refractivity contribution in [3.05, 3.63) is 35.4 Å². The molecule has 1 aromatic rings. The van der Waals surface area contributed by atoms with Crippen LogP contribution in [0.4, 0.5) is 8.78 Å². The lowest BCUT2D eigenvalue weighted by molar-refractivity contribution is -0.146. The van der Waals surface area contributed by atoms with Gasteiger partial charge in [0.25, 0.3) is 0 Å². The second kappa shape index (κ2) is 8.04. The summed E-state index contributed by atoms with van der Waals surface area (Å²) in [4.78, 5) is 38.0. The molecule has 1 aliphatic rings. The summed E-state index contributed by atoms with van der Waals surface area (Å²) in [6, 6.07) is 3.23. The predicted molar refractivity (Wildman–Crippen MR) is 84.6 cm³/mol. The molecular formula is C17H20F2N2O4. The van der Waals surface area contributed by atoms with Crippen LogP contribution in [0.5, 0.6) is 0 Å². The maximum absolute atomic E-state index is 13.2. The van der Waals surface area contributed by atoms with Gasteiger partial charge in [0.15, 0.2) is 11.6 Å². The van der Waals surface area contributed by atoms with Crippen LogP contribution in [-0.4, -0.2) is 59.4 Å². The van der Waals surface area contributed by atoms with Crippen LogP contribution >= 0.6 is 0 Å². The molecule has 0 unspecified atom stereocenters. The molecule has 1 heterocycles. The molecule has 136 valence electrons. The van der Waals surface area contributed by atoms with Crippen LogP contribution in [0.2, 0.25) is 0 Å². The maximum atomic E-state index is 13.2. The fraction of sp³-hybridized carbons (Fsp3) is 0.471. The Hall–Kier alpha value is -2.51. The van der Waals surface area contributed by atoms with Gasteiger partial charge in [-0.2, -0.15) is 0 Å². The average Bonchev–Trinajstić information content (AvgIpc) is 2.58. The second-order valence-corrected chi connectivity index (χ2v) is 6.17. The zero-order chi connectivity index (χ0) is 18.6. The Labute approximate surface area is 144 Å². The Balaban J connectivity index is 1.85. The quantitative estimate of drug-likeness (QED) is 0.864. The predicted octanol–water partition coefficient (Wildman–Crippen LogP) is 1.29. The highest BCUT2D eigenvalue weighted by molar-refractivity contribution is 5.85. The van der Waals surface area contributed by atoms with Crippen LogP contribution in [0.1, 0.15) is 18.4 Å². The van der Waals surface area contributed by atoms with Gasteiger partial charge in [0.05, 0.1) is 18.9 Å². The first-order valence-electron chi connectivity index (χ1n) is 7.96. The smallest absolute Gasteiger partial charge is 0.306 e. The number of likely N-dealkylation sites (N-methyl/N-ethyl adjacent to an activating group) is 1. The number of aliphatic carboxylic acids is 1. The largest absolute Gasteiger partial charge is 0.481 e. The summed E-state index contributed by atoms with van der Waals surface area (Å²) >= 11 is 0. The van der Waals surface area contributed by atoms with Crippen molar-refractivity contribution in [2.75, 3.05) is 26.7 Å². The van der Waals surface area contributed by atoms with Gasteiger partial charge in [-0.15, -0.1) is 0 Å². The van der Waals surface area contributed by atoms with Crippen LogP contribution in [-0.2, 0) is 20.8 Å². The van der Waals surface area contributed by atoms with Crippen molar-refractivity contribution in [2.45, 2.75) is 19.3 Å². The Kier molecular flexibility index (Phi) is 6.06. The third-order valence-electron chi connectivity index (χ3n) is 4.33. The number of hydrogen-bond donors (Lipinski definition) is 1. The zero-order valence-corrected chi connectivity index (χ0v) is 13.9. The second-order valence-electron chi connectivity index (χ2n) is 6.17. The van der Waals surface area contributed by atoms with Crippen molar-refractivity contribution in [3.8, 4) is 0 Å². The number of rotatable bonds is 5. The lowest BCUT2D eigenvalue weighted by Gasteiger charge is -2.31. The molecule has 2 amide bonds. The van der Waals surface area contributed by atoms with E-state index in [0.717, 1.165) is 12.1 Å². The molecular weight excluding hydrogens is 334 g/mol. The first-order chi connectivity index (χ1) is 11.8. The molecule has 6 nitrogen and oxygen atoms in total. The van der Waals surface area contributed by atoms with Gasteiger partial charge in [0.1, 0.15) is 0 Å². The Morgan fingerprint density at radius 1 is 1.20 bits per heavy atom. The summed E-state index contributed by atoms with van der Waals surface area (Å²) in [5.41, 5.74) is 0.325. The third kappa shape index (κ3) is 4.98. The van der Waals surface area contributed by atoms with Crippen molar-refractivity contribution in [2.24, 2.45) is 5.92 Å². The number of benzene rings is 1. The van der Waals surface area contributed by atoms with E-state index < -0.39 is 23.5 Å². The normalized spacial score (nSPS) is 15.1. The van der Waals surface area contributed by atoms with Gasteiger partial charge >= 0.3 is 5.97 Å². The lowest BCUT2D eigenvalue weighted by Crippen LogP contribution is -2.45. The van der Waals surface area contributed by atoms with Gasteiger partial charge in [-0.05, 0) is 30.5 Å². The fourth-order valence-electron chi connectivity index (χ4n) is 2.73. The number of piperidine rings is 1. The topological polar surface area (TPSA) is 77.9 Å². The summed E-state index contributed by atoms with van der Waals surface area (Å²) in [5, 5.41) is 8.95. The number of likely N-dealkylation sites (tertiary alicyclic amines) is 1. The van der Waals surface area contributed by atoms with Gasteiger partial charge in [-0.1, -0.05) is 6.07 Å². The number of carboxylic acid groups (broad SMARTS) is 1. The van der Waals surface area contributed by atoms with E-state index in [2.05, 4.69) is 0 Å². The van der Waals surface area contributed by atoms with Crippen molar-refractivity contribution in [1.29, 1.82) is 0 Å². The number of amides is 2. The average molecular weight is 354 g/mol. The van der Waals surface area contributed by atoms with Crippen molar-refractivity contribution < 1.29 is 28.3 Å². The van der Waals surface area contributed by atoms with E-state index in [1.165, 1.54) is 18.0 Å². The number of hydrogen-bond acceptors (Lipinski definition) is 3. The monoisotopic (exact) mass is 354 g/mol. The maximum Gasteiger partial charge on any atom is 0.306 e. The van der Waals surface area contributed by atoms with E-state index >= 15 is 0 Å². The zero-order valence-electron chi connectivity index (χ0n) is 13.9. The van der Waals surface area contributed by atoms with Gasteiger partial charge in [-0.3, -0.25) is 14.4 Å². The molecule has 0 atom stereocenters. The highest BCUT2D eigenvalue weighted by Gasteiger charge is 2.27. The molecule has 0 aliphatic carbocycles. The molecule has 1 saturated heterocycles. The highest BCUT2D eigenvalue weighted by atomic mass is 19.2. The van der Waals surface area contributed by atoms with Crippen LogP contribution in [0.3, 0.4) is 0 Å². The van der Waals surface area contributed by atoms with Crippen LogP contribution in [0.15, 0.2) is 18.2 Å². The summed E-state index contributed by atoms with van der Waals surface area (Å²) in [6.45, 7) is 0.558. The lowest BCUT2D eigenvalue weighted by atomic mass is 9.97. The summed E-state index contributed by atoms with van der Waals surface area (Å²) in [6.07, 6.45) is 0.656. The van der Waals surface area contributed by atoms with E-state index in [-0.39, 0.29) is 24.8 Å². The minimum absolute atomic E-state index is 0.137. The third-order valence-corrected chi connectivity index (χ3v) is 4.33. The van der Waals surface area contributed by atoms with Crippen molar-refractivity contribution >= 4 is 17.8 Å². The molecule has 0 bridgehead atoms. The number of carbonyl (C=O) groups excluding carboxylic acids is 2. The van der Waals surface area contributed by atoms with E-state index in [4.69, 9.17) is 5.11 Å². The number of halogens is 2. The Bertz CT molecular complexity index is 673. The minimum Gasteiger partial charge on any atom is -0.481 e. The molecule has 1 fully saturated rings. The van der Waals surface area contributed by atoms with Crippen LogP contribution in [0, 0.1) is 17.6 Å². The van der Waals surface area contributed by atoms with Gasteiger partial charge in [-0.25, -0.2) is 8.78 Å².